The monoisotopic (exact) mass is 416 g/mol. The molecule has 0 aliphatic carbocycles. The van der Waals surface area contributed by atoms with Crippen molar-refractivity contribution in [3.63, 3.8) is 0 Å². The van der Waals surface area contributed by atoms with Gasteiger partial charge in [0.2, 0.25) is 0 Å². The second-order valence-electron chi connectivity index (χ2n) is 7.94. The lowest BCUT2D eigenvalue weighted by Gasteiger charge is -2.24. The van der Waals surface area contributed by atoms with Gasteiger partial charge in [-0.3, -0.25) is 0 Å². The quantitative estimate of drug-likeness (QED) is 0.627. The van der Waals surface area contributed by atoms with Crippen LogP contribution in [0.5, 0.6) is 0 Å². The summed E-state index contributed by atoms with van der Waals surface area (Å²) >= 11 is 0. The van der Waals surface area contributed by atoms with Gasteiger partial charge in [-0.05, 0) is 67.6 Å². The number of nitrogens with zero attached hydrogens (tertiary/aromatic N) is 3. The first kappa shape index (κ1) is 20.8. The number of anilines is 1. The van der Waals surface area contributed by atoms with Gasteiger partial charge >= 0.3 is 5.97 Å². The number of ether oxygens (including phenoxy) is 1. The molecule has 7 heteroatoms. The van der Waals surface area contributed by atoms with Crippen LogP contribution in [0.25, 0.3) is 10.9 Å². The molecule has 2 atom stereocenters. The molecule has 1 aromatic carbocycles. The maximum atomic E-state index is 11.5. The third-order valence-electron chi connectivity index (χ3n) is 5.69. The number of hydrogen-bond donors (Lipinski definition) is 2. The minimum atomic E-state index is -1.08. The van der Waals surface area contributed by atoms with Crippen molar-refractivity contribution in [3.05, 3.63) is 64.6 Å². The number of rotatable bonds is 5. The molecule has 3 heterocycles. The Balaban J connectivity index is 1.80. The highest BCUT2D eigenvalue weighted by atomic mass is 16.5. The molecule has 1 aliphatic rings. The molecule has 0 unspecified atom stereocenters. The van der Waals surface area contributed by atoms with Gasteiger partial charge in [-0.15, -0.1) is 0 Å². The van der Waals surface area contributed by atoms with Crippen molar-refractivity contribution in [3.8, 4) is 6.07 Å². The van der Waals surface area contributed by atoms with E-state index in [0.717, 1.165) is 47.0 Å². The lowest BCUT2D eigenvalue weighted by molar-refractivity contribution is 0.0691. The first-order valence-corrected chi connectivity index (χ1v) is 10.4. The Morgan fingerprint density at radius 3 is 2.94 bits per heavy atom. The number of benzene rings is 1. The van der Waals surface area contributed by atoms with Crippen molar-refractivity contribution in [2.75, 3.05) is 18.5 Å². The molecule has 0 bridgehead atoms. The van der Waals surface area contributed by atoms with Crippen LogP contribution < -0.4 is 5.32 Å². The summed E-state index contributed by atoms with van der Waals surface area (Å²) < 4.78 is 5.65. The van der Waals surface area contributed by atoms with Gasteiger partial charge in [0, 0.05) is 30.1 Å². The molecule has 0 spiro atoms. The molecule has 7 nitrogen and oxygen atoms in total. The first-order chi connectivity index (χ1) is 15.0. The van der Waals surface area contributed by atoms with Crippen molar-refractivity contribution < 1.29 is 14.6 Å². The first-order valence-electron chi connectivity index (χ1n) is 10.4. The predicted molar refractivity (Wildman–Crippen MR) is 117 cm³/mol. The Morgan fingerprint density at radius 1 is 1.39 bits per heavy atom. The normalized spacial score (nSPS) is 17.1. The van der Waals surface area contributed by atoms with Crippen LogP contribution in [-0.4, -0.2) is 34.3 Å². The summed E-state index contributed by atoms with van der Waals surface area (Å²) in [5.41, 5.74) is 4.57. The molecular formula is C24H24N4O3. The number of fused-ring (bicyclic) bond motifs is 1. The zero-order valence-corrected chi connectivity index (χ0v) is 17.6. The molecule has 3 aromatic rings. The number of carboxylic acids is 1. The number of hydrogen-bond acceptors (Lipinski definition) is 6. The molecule has 4 rings (SSSR count). The van der Waals surface area contributed by atoms with E-state index in [2.05, 4.69) is 33.5 Å². The number of aryl methyl sites for hydroxylation is 1. The Hall–Kier alpha value is -3.50. The minimum absolute atomic E-state index is 0.0174. The fourth-order valence-corrected chi connectivity index (χ4v) is 4.21. The second kappa shape index (κ2) is 8.70. The van der Waals surface area contributed by atoms with Gasteiger partial charge in [0.1, 0.15) is 11.8 Å². The summed E-state index contributed by atoms with van der Waals surface area (Å²) in [5.74, 6) is -0.932. The summed E-state index contributed by atoms with van der Waals surface area (Å²) in [6.07, 6.45) is 3.40. The third-order valence-corrected chi connectivity index (χ3v) is 5.69. The van der Waals surface area contributed by atoms with Crippen molar-refractivity contribution in [1.29, 1.82) is 5.26 Å². The van der Waals surface area contributed by atoms with Gasteiger partial charge in [0.15, 0.2) is 5.69 Å². The number of aromatic nitrogens is 2. The fraction of sp³-hybridized carbons (Fsp3) is 0.333. The van der Waals surface area contributed by atoms with E-state index >= 15 is 0 Å². The number of aromatic carboxylic acids is 1. The lowest BCUT2D eigenvalue weighted by Crippen LogP contribution is -2.17. The molecule has 1 aliphatic heterocycles. The van der Waals surface area contributed by atoms with Crippen LogP contribution in [0.15, 0.2) is 36.5 Å². The highest BCUT2D eigenvalue weighted by molar-refractivity contribution is 5.92. The van der Waals surface area contributed by atoms with Crippen LogP contribution >= 0.6 is 0 Å². The average molecular weight is 416 g/mol. The van der Waals surface area contributed by atoms with Gasteiger partial charge in [0.25, 0.3) is 0 Å². The standard InChI is InChI=1S/C24H24N4O3/c1-14-9-17(15(2)27-20-6-3-7-26-23(20)24(29)30)19-11-18(16-5-4-8-31-13-16)22(12-25)28-21(19)10-14/h3,6-7,9-11,15-16,27H,4-5,8,13H2,1-2H3,(H,29,30)/t15-,16-/m1/s1. The van der Waals surface area contributed by atoms with Crippen LogP contribution in [0, 0.1) is 18.3 Å². The van der Waals surface area contributed by atoms with Crippen LogP contribution in [-0.2, 0) is 4.74 Å². The molecule has 31 heavy (non-hydrogen) atoms. The van der Waals surface area contributed by atoms with Crippen LogP contribution in [0.3, 0.4) is 0 Å². The largest absolute Gasteiger partial charge is 0.476 e. The number of nitrogens with one attached hydrogen (secondary N) is 1. The van der Waals surface area contributed by atoms with Crippen molar-refractivity contribution in [2.45, 2.75) is 38.6 Å². The molecule has 2 aromatic heterocycles. The van der Waals surface area contributed by atoms with E-state index in [1.54, 1.807) is 12.1 Å². The summed E-state index contributed by atoms with van der Waals surface area (Å²) in [7, 11) is 0. The van der Waals surface area contributed by atoms with Crippen molar-refractivity contribution in [1.82, 2.24) is 9.97 Å². The molecule has 158 valence electrons. The van der Waals surface area contributed by atoms with Crippen molar-refractivity contribution in [2.24, 2.45) is 0 Å². The topological polar surface area (TPSA) is 108 Å². The molecule has 0 amide bonds. The summed E-state index contributed by atoms with van der Waals surface area (Å²) in [6, 6.07) is 11.6. The smallest absolute Gasteiger partial charge is 0.356 e. The van der Waals surface area contributed by atoms with Gasteiger partial charge in [-0.2, -0.15) is 5.26 Å². The van der Waals surface area contributed by atoms with E-state index in [4.69, 9.17) is 4.74 Å². The highest BCUT2D eigenvalue weighted by Crippen LogP contribution is 2.34. The molecule has 1 saturated heterocycles. The van der Waals surface area contributed by atoms with Gasteiger partial charge < -0.3 is 15.2 Å². The maximum absolute atomic E-state index is 11.5. The van der Waals surface area contributed by atoms with Crippen LogP contribution in [0.2, 0.25) is 0 Å². The number of nitriles is 1. The van der Waals surface area contributed by atoms with Crippen molar-refractivity contribution >= 4 is 22.6 Å². The summed E-state index contributed by atoms with van der Waals surface area (Å²) in [4.78, 5) is 20.2. The van der Waals surface area contributed by atoms with E-state index in [-0.39, 0.29) is 17.7 Å². The van der Waals surface area contributed by atoms with E-state index in [9.17, 15) is 15.2 Å². The minimum Gasteiger partial charge on any atom is -0.476 e. The van der Waals surface area contributed by atoms with Crippen LogP contribution in [0.1, 0.15) is 64.6 Å². The Labute approximate surface area is 180 Å². The predicted octanol–water partition coefficient (Wildman–Crippen LogP) is 4.58. The zero-order chi connectivity index (χ0) is 22.0. The molecule has 2 N–H and O–H groups in total. The van der Waals surface area contributed by atoms with E-state index in [1.807, 2.05) is 19.9 Å². The van der Waals surface area contributed by atoms with E-state index < -0.39 is 5.97 Å². The van der Waals surface area contributed by atoms with Gasteiger partial charge in [0.05, 0.1) is 17.8 Å². The molecule has 0 radical (unpaired) electrons. The average Bonchev–Trinajstić information content (AvgIpc) is 2.78. The van der Waals surface area contributed by atoms with Crippen LogP contribution in [0.4, 0.5) is 5.69 Å². The van der Waals surface area contributed by atoms with E-state index in [0.29, 0.717) is 18.0 Å². The summed E-state index contributed by atoms with van der Waals surface area (Å²) in [6.45, 7) is 5.31. The number of carbonyl (C=O) groups is 1. The number of pyridine rings is 2. The van der Waals surface area contributed by atoms with Gasteiger partial charge in [-0.1, -0.05) is 6.07 Å². The molecule has 1 fully saturated rings. The molecule has 0 saturated carbocycles. The molecular weight excluding hydrogens is 392 g/mol. The SMILES string of the molecule is Cc1cc([C@@H](C)Nc2cccnc2C(=O)O)c2cc([C@@H]3CCCOC3)c(C#N)nc2c1. The van der Waals surface area contributed by atoms with E-state index in [1.165, 1.54) is 6.20 Å². The highest BCUT2D eigenvalue weighted by Gasteiger charge is 2.23. The van der Waals surface area contributed by atoms with Gasteiger partial charge in [-0.25, -0.2) is 14.8 Å². The fourth-order valence-electron chi connectivity index (χ4n) is 4.21. The Bertz CT molecular complexity index is 1180. The summed E-state index contributed by atoms with van der Waals surface area (Å²) in [5, 5.41) is 23.4. The third kappa shape index (κ3) is 4.21. The zero-order valence-electron chi connectivity index (χ0n) is 17.6. The lowest BCUT2D eigenvalue weighted by atomic mass is 9.89. The Morgan fingerprint density at radius 2 is 2.23 bits per heavy atom. The number of carboxylic acid groups (broad SMARTS) is 1. The Kier molecular flexibility index (Phi) is 5.83. The maximum Gasteiger partial charge on any atom is 0.356 e. The second-order valence-corrected chi connectivity index (χ2v) is 7.94.